The van der Waals surface area contributed by atoms with Crippen molar-refractivity contribution >= 4 is 28.6 Å². The summed E-state index contributed by atoms with van der Waals surface area (Å²) in [5, 5.41) is 3.35. The third kappa shape index (κ3) is 3.43. The molecule has 0 saturated carbocycles. The standard InChI is InChI=1S/C17H13ClFNS/c18-15-8-6-13(10-16(15)19)20-11-14-7-9-17(21-14)12-4-2-1-3-5-12/h1-10,20H,11H2. The zero-order valence-corrected chi connectivity index (χ0v) is 12.7. The van der Waals surface area contributed by atoms with Crippen LogP contribution in [0.15, 0.2) is 60.7 Å². The second-order valence-electron chi connectivity index (χ2n) is 4.61. The molecule has 0 saturated heterocycles. The van der Waals surface area contributed by atoms with E-state index in [0.717, 1.165) is 5.69 Å². The molecule has 0 radical (unpaired) electrons. The van der Waals surface area contributed by atoms with Gasteiger partial charge in [-0.05, 0) is 35.9 Å². The zero-order valence-electron chi connectivity index (χ0n) is 11.1. The van der Waals surface area contributed by atoms with Crippen molar-refractivity contribution in [3.05, 3.63) is 76.4 Å². The van der Waals surface area contributed by atoms with E-state index in [4.69, 9.17) is 11.6 Å². The van der Waals surface area contributed by atoms with E-state index >= 15 is 0 Å². The molecule has 4 heteroatoms. The molecule has 1 aromatic heterocycles. The number of benzene rings is 2. The Labute approximate surface area is 132 Å². The molecule has 2 aromatic carbocycles. The lowest BCUT2D eigenvalue weighted by molar-refractivity contribution is 0.628. The molecule has 3 rings (SSSR count). The Kier molecular flexibility index (Phi) is 4.23. The molecule has 1 heterocycles. The monoisotopic (exact) mass is 317 g/mol. The van der Waals surface area contributed by atoms with Crippen molar-refractivity contribution in [2.45, 2.75) is 6.54 Å². The van der Waals surface area contributed by atoms with E-state index in [-0.39, 0.29) is 5.02 Å². The lowest BCUT2D eigenvalue weighted by Gasteiger charge is -2.05. The van der Waals surface area contributed by atoms with E-state index in [1.165, 1.54) is 21.4 Å². The van der Waals surface area contributed by atoms with Gasteiger partial charge in [-0.1, -0.05) is 41.9 Å². The van der Waals surface area contributed by atoms with E-state index in [1.807, 2.05) is 18.2 Å². The van der Waals surface area contributed by atoms with Gasteiger partial charge in [0.05, 0.1) is 5.02 Å². The Morgan fingerprint density at radius 3 is 2.57 bits per heavy atom. The third-order valence-corrected chi connectivity index (χ3v) is 4.55. The van der Waals surface area contributed by atoms with Gasteiger partial charge in [-0.25, -0.2) is 4.39 Å². The number of anilines is 1. The van der Waals surface area contributed by atoms with Crippen LogP contribution >= 0.6 is 22.9 Å². The summed E-state index contributed by atoms with van der Waals surface area (Å²) in [5.41, 5.74) is 1.94. The van der Waals surface area contributed by atoms with Crippen LogP contribution in [0.25, 0.3) is 10.4 Å². The summed E-state index contributed by atoms with van der Waals surface area (Å²) in [7, 11) is 0. The zero-order chi connectivity index (χ0) is 14.7. The minimum absolute atomic E-state index is 0.142. The third-order valence-electron chi connectivity index (χ3n) is 3.11. The van der Waals surface area contributed by atoms with Crippen LogP contribution in [0.3, 0.4) is 0 Å². The molecule has 0 atom stereocenters. The van der Waals surface area contributed by atoms with Crippen LogP contribution in [0.5, 0.6) is 0 Å². The Morgan fingerprint density at radius 1 is 1.00 bits per heavy atom. The Bertz CT molecular complexity index is 740. The molecule has 0 aliphatic carbocycles. The van der Waals surface area contributed by atoms with E-state index in [1.54, 1.807) is 23.5 Å². The van der Waals surface area contributed by atoms with Crippen LogP contribution in [0.1, 0.15) is 4.88 Å². The van der Waals surface area contributed by atoms with Gasteiger partial charge in [0.2, 0.25) is 0 Å². The quantitative estimate of drug-likeness (QED) is 0.639. The molecule has 0 aliphatic rings. The topological polar surface area (TPSA) is 12.0 Å². The molecule has 0 bridgehead atoms. The maximum Gasteiger partial charge on any atom is 0.143 e. The average molecular weight is 318 g/mol. The largest absolute Gasteiger partial charge is 0.380 e. The number of rotatable bonds is 4. The van der Waals surface area contributed by atoms with Gasteiger partial charge >= 0.3 is 0 Å². The van der Waals surface area contributed by atoms with Crippen LogP contribution in [0, 0.1) is 5.82 Å². The minimum atomic E-state index is -0.405. The highest BCUT2D eigenvalue weighted by molar-refractivity contribution is 7.15. The minimum Gasteiger partial charge on any atom is -0.380 e. The van der Waals surface area contributed by atoms with Crippen molar-refractivity contribution in [2.75, 3.05) is 5.32 Å². The van der Waals surface area contributed by atoms with Crippen molar-refractivity contribution in [1.82, 2.24) is 0 Å². The molecule has 0 aliphatic heterocycles. The van der Waals surface area contributed by atoms with Crippen LogP contribution in [-0.4, -0.2) is 0 Å². The van der Waals surface area contributed by atoms with Gasteiger partial charge in [0.1, 0.15) is 5.82 Å². The number of halogens is 2. The molecule has 106 valence electrons. The van der Waals surface area contributed by atoms with Crippen molar-refractivity contribution in [3.63, 3.8) is 0 Å². The van der Waals surface area contributed by atoms with Gasteiger partial charge in [-0.3, -0.25) is 0 Å². The van der Waals surface area contributed by atoms with E-state index < -0.39 is 5.82 Å². The number of nitrogens with one attached hydrogen (secondary N) is 1. The van der Waals surface area contributed by atoms with Crippen molar-refractivity contribution in [3.8, 4) is 10.4 Å². The summed E-state index contributed by atoms with van der Waals surface area (Å²) in [5.74, 6) is -0.405. The maximum atomic E-state index is 13.4. The lowest BCUT2D eigenvalue weighted by atomic mass is 10.2. The smallest absolute Gasteiger partial charge is 0.143 e. The summed E-state index contributed by atoms with van der Waals surface area (Å²) in [4.78, 5) is 2.43. The fourth-order valence-corrected chi connectivity index (χ4v) is 3.10. The lowest BCUT2D eigenvalue weighted by Crippen LogP contribution is -1.97. The van der Waals surface area contributed by atoms with Gasteiger partial charge < -0.3 is 5.32 Å². The Balaban J connectivity index is 1.69. The summed E-state index contributed by atoms with van der Waals surface area (Å²) in [6.07, 6.45) is 0. The first kappa shape index (κ1) is 14.1. The maximum absolute atomic E-state index is 13.4. The van der Waals surface area contributed by atoms with E-state index in [2.05, 4.69) is 29.6 Å². The predicted molar refractivity (Wildman–Crippen MR) is 88.5 cm³/mol. The highest BCUT2D eigenvalue weighted by atomic mass is 35.5. The van der Waals surface area contributed by atoms with Gasteiger partial charge in [-0.2, -0.15) is 0 Å². The highest BCUT2D eigenvalue weighted by Crippen LogP contribution is 2.28. The molecule has 21 heavy (non-hydrogen) atoms. The number of hydrogen-bond acceptors (Lipinski definition) is 2. The van der Waals surface area contributed by atoms with Crippen molar-refractivity contribution in [1.29, 1.82) is 0 Å². The molecule has 0 amide bonds. The van der Waals surface area contributed by atoms with Crippen LogP contribution < -0.4 is 5.32 Å². The summed E-state index contributed by atoms with van der Waals surface area (Å²) < 4.78 is 13.4. The second kappa shape index (κ2) is 6.29. The van der Waals surface area contributed by atoms with Gasteiger partial charge in [0, 0.05) is 22.0 Å². The highest BCUT2D eigenvalue weighted by Gasteiger charge is 2.04. The molecule has 0 spiro atoms. The molecule has 3 aromatic rings. The molecule has 0 fully saturated rings. The molecule has 1 N–H and O–H groups in total. The number of thiophene rings is 1. The molecule has 0 unspecified atom stereocenters. The normalized spacial score (nSPS) is 10.6. The average Bonchev–Trinajstić information content (AvgIpc) is 2.98. The van der Waals surface area contributed by atoms with Crippen LogP contribution in [0.2, 0.25) is 5.02 Å². The van der Waals surface area contributed by atoms with Crippen LogP contribution in [0.4, 0.5) is 10.1 Å². The summed E-state index contributed by atoms with van der Waals surface area (Å²) in [6.45, 7) is 0.665. The first-order valence-corrected chi connectivity index (χ1v) is 7.75. The van der Waals surface area contributed by atoms with Gasteiger partial charge in [0.25, 0.3) is 0 Å². The van der Waals surface area contributed by atoms with Gasteiger partial charge in [0.15, 0.2) is 0 Å². The Hall–Kier alpha value is -1.84. The first-order chi connectivity index (χ1) is 10.2. The molecular weight excluding hydrogens is 305 g/mol. The molecular formula is C17H13ClFNS. The SMILES string of the molecule is Fc1cc(NCc2ccc(-c3ccccc3)s2)ccc1Cl. The fraction of sp³-hybridized carbons (Fsp3) is 0.0588. The number of hydrogen-bond donors (Lipinski definition) is 1. The first-order valence-electron chi connectivity index (χ1n) is 6.55. The van der Waals surface area contributed by atoms with E-state index in [9.17, 15) is 4.39 Å². The van der Waals surface area contributed by atoms with Gasteiger partial charge in [-0.15, -0.1) is 11.3 Å². The fourth-order valence-electron chi connectivity index (χ4n) is 2.03. The van der Waals surface area contributed by atoms with E-state index in [0.29, 0.717) is 6.54 Å². The predicted octanol–water partition coefficient (Wildman–Crippen LogP) is 5.82. The van der Waals surface area contributed by atoms with Crippen LogP contribution in [-0.2, 0) is 6.54 Å². The Morgan fingerprint density at radius 2 is 1.81 bits per heavy atom. The summed E-state index contributed by atoms with van der Waals surface area (Å²) >= 11 is 7.40. The van der Waals surface area contributed by atoms with Crippen molar-refractivity contribution < 1.29 is 4.39 Å². The second-order valence-corrected chi connectivity index (χ2v) is 6.19. The summed E-state index contributed by atoms with van der Waals surface area (Å²) in [6, 6.07) is 19.2. The molecule has 1 nitrogen and oxygen atoms in total. The van der Waals surface area contributed by atoms with Crippen molar-refractivity contribution in [2.24, 2.45) is 0 Å².